The quantitative estimate of drug-likeness (QED) is 0.797. The van der Waals surface area contributed by atoms with Crippen LogP contribution in [-0.4, -0.2) is 11.5 Å². The third-order valence-corrected chi connectivity index (χ3v) is 5.42. The van der Waals surface area contributed by atoms with Gasteiger partial charge in [-0.15, -0.1) is 11.3 Å². The van der Waals surface area contributed by atoms with Crippen LogP contribution in [0, 0.1) is 0 Å². The molecule has 0 saturated heterocycles. The van der Waals surface area contributed by atoms with Crippen molar-refractivity contribution >= 4 is 34.5 Å². The topological polar surface area (TPSA) is 24.9 Å². The van der Waals surface area contributed by atoms with Crippen LogP contribution in [-0.2, 0) is 13.0 Å². The summed E-state index contributed by atoms with van der Waals surface area (Å²) in [6, 6.07) is 5.82. The summed E-state index contributed by atoms with van der Waals surface area (Å²) >= 11 is 13.9. The average molecular weight is 341 g/mol. The van der Waals surface area contributed by atoms with E-state index in [4.69, 9.17) is 28.2 Å². The van der Waals surface area contributed by atoms with Crippen LogP contribution in [0.1, 0.15) is 46.8 Å². The number of halogens is 2. The van der Waals surface area contributed by atoms with Gasteiger partial charge in [-0.25, -0.2) is 4.98 Å². The molecular formula is C16H18Cl2N2S. The molecule has 0 radical (unpaired) electrons. The number of rotatable bonds is 6. The summed E-state index contributed by atoms with van der Waals surface area (Å²) in [6.07, 6.45) is 3.40. The summed E-state index contributed by atoms with van der Waals surface area (Å²) in [5.74, 6) is 0.692. The highest BCUT2D eigenvalue weighted by atomic mass is 35.5. The van der Waals surface area contributed by atoms with Crippen LogP contribution >= 0.6 is 34.5 Å². The van der Waals surface area contributed by atoms with E-state index in [1.54, 1.807) is 0 Å². The third kappa shape index (κ3) is 3.78. The lowest BCUT2D eigenvalue weighted by atomic mass is 10.1. The zero-order valence-electron chi connectivity index (χ0n) is 12.0. The van der Waals surface area contributed by atoms with Crippen LogP contribution in [0.25, 0.3) is 0 Å². The molecule has 5 heteroatoms. The highest BCUT2D eigenvalue weighted by molar-refractivity contribution is 7.11. The van der Waals surface area contributed by atoms with Crippen molar-refractivity contribution in [2.75, 3.05) is 6.54 Å². The van der Waals surface area contributed by atoms with Crippen molar-refractivity contribution in [3.63, 3.8) is 0 Å². The van der Waals surface area contributed by atoms with Crippen LogP contribution in [0.3, 0.4) is 0 Å². The molecule has 0 aliphatic heterocycles. The van der Waals surface area contributed by atoms with Crippen molar-refractivity contribution in [2.24, 2.45) is 0 Å². The lowest BCUT2D eigenvalue weighted by Crippen LogP contribution is -2.11. The Morgan fingerprint density at radius 1 is 1.29 bits per heavy atom. The average Bonchev–Trinajstić information content (AvgIpc) is 3.23. The molecule has 0 unspecified atom stereocenters. The molecular weight excluding hydrogens is 323 g/mol. The van der Waals surface area contributed by atoms with Crippen molar-refractivity contribution < 1.29 is 0 Å². The van der Waals surface area contributed by atoms with Gasteiger partial charge in [0.05, 0.1) is 20.7 Å². The van der Waals surface area contributed by atoms with Gasteiger partial charge >= 0.3 is 0 Å². The monoisotopic (exact) mass is 340 g/mol. The van der Waals surface area contributed by atoms with E-state index in [0.717, 1.165) is 25.1 Å². The van der Waals surface area contributed by atoms with Crippen LogP contribution in [0.2, 0.25) is 10.0 Å². The number of hydrogen-bond acceptors (Lipinski definition) is 3. The molecule has 0 spiro atoms. The lowest BCUT2D eigenvalue weighted by Gasteiger charge is -2.00. The fourth-order valence-corrected chi connectivity index (χ4v) is 3.83. The van der Waals surface area contributed by atoms with Crippen LogP contribution in [0.5, 0.6) is 0 Å². The molecule has 0 amide bonds. The third-order valence-electron chi connectivity index (χ3n) is 3.61. The summed E-state index contributed by atoms with van der Waals surface area (Å²) < 4.78 is 0. The van der Waals surface area contributed by atoms with Gasteiger partial charge in [0.2, 0.25) is 0 Å². The number of nitrogens with zero attached hydrogens (tertiary/aromatic N) is 1. The Labute approximate surface area is 139 Å². The van der Waals surface area contributed by atoms with Gasteiger partial charge in [0.15, 0.2) is 0 Å². The van der Waals surface area contributed by atoms with Crippen molar-refractivity contribution in [1.29, 1.82) is 0 Å². The van der Waals surface area contributed by atoms with Gasteiger partial charge in [0.1, 0.15) is 0 Å². The summed E-state index contributed by atoms with van der Waals surface area (Å²) in [7, 11) is 0. The van der Waals surface area contributed by atoms with E-state index in [1.165, 1.54) is 28.4 Å². The zero-order chi connectivity index (χ0) is 14.8. The Balaban J connectivity index is 1.79. The Morgan fingerprint density at radius 3 is 2.76 bits per heavy atom. The first-order valence-electron chi connectivity index (χ1n) is 7.30. The minimum absolute atomic E-state index is 0.603. The first-order valence-corrected chi connectivity index (χ1v) is 8.87. The van der Waals surface area contributed by atoms with Crippen LogP contribution in [0.15, 0.2) is 18.2 Å². The van der Waals surface area contributed by atoms with Gasteiger partial charge < -0.3 is 5.32 Å². The predicted molar refractivity (Wildman–Crippen MR) is 90.7 cm³/mol. The maximum Gasteiger partial charge on any atom is 0.0975 e. The molecule has 0 bridgehead atoms. The highest BCUT2D eigenvalue weighted by Crippen LogP contribution is 2.43. The molecule has 1 N–H and O–H groups in total. The standard InChI is InChI=1S/C16H18Cl2N2S/c1-2-19-9-14-16(11-4-5-11)20-15(21-14)8-10-3-6-12(17)13(18)7-10/h3,6-7,11,19H,2,4-5,8-9H2,1H3. The van der Waals surface area contributed by atoms with E-state index in [0.29, 0.717) is 16.0 Å². The fraction of sp³-hybridized carbons (Fsp3) is 0.438. The molecule has 3 rings (SSSR count). The van der Waals surface area contributed by atoms with Crippen molar-refractivity contribution in [3.05, 3.63) is 49.4 Å². The Bertz CT molecular complexity index is 635. The minimum atomic E-state index is 0.603. The smallest absolute Gasteiger partial charge is 0.0975 e. The Kier molecular flexibility index (Phi) is 4.85. The fourth-order valence-electron chi connectivity index (χ4n) is 2.35. The molecule has 1 heterocycles. The van der Waals surface area contributed by atoms with Gasteiger partial charge in [-0.05, 0) is 37.1 Å². The first kappa shape index (κ1) is 15.3. The minimum Gasteiger partial charge on any atom is -0.312 e. The van der Waals surface area contributed by atoms with E-state index in [-0.39, 0.29) is 0 Å². The maximum absolute atomic E-state index is 6.09. The number of aromatic nitrogens is 1. The lowest BCUT2D eigenvalue weighted by molar-refractivity contribution is 0.726. The van der Waals surface area contributed by atoms with Crippen molar-refractivity contribution in [1.82, 2.24) is 10.3 Å². The second kappa shape index (κ2) is 6.66. The number of hydrogen-bond donors (Lipinski definition) is 1. The zero-order valence-corrected chi connectivity index (χ0v) is 14.3. The molecule has 112 valence electrons. The summed E-state index contributed by atoms with van der Waals surface area (Å²) in [6.45, 7) is 4.06. The van der Waals surface area contributed by atoms with E-state index >= 15 is 0 Å². The van der Waals surface area contributed by atoms with Crippen LogP contribution in [0.4, 0.5) is 0 Å². The second-order valence-electron chi connectivity index (χ2n) is 5.40. The van der Waals surface area contributed by atoms with Gasteiger partial charge in [-0.2, -0.15) is 0 Å². The molecule has 21 heavy (non-hydrogen) atoms. The molecule has 1 aliphatic rings. The van der Waals surface area contributed by atoms with Crippen LogP contribution < -0.4 is 5.32 Å². The molecule has 1 aromatic heterocycles. The summed E-state index contributed by atoms with van der Waals surface area (Å²) in [4.78, 5) is 6.27. The largest absolute Gasteiger partial charge is 0.312 e. The second-order valence-corrected chi connectivity index (χ2v) is 7.38. The van der Waals surface area contributed by atoms with Gasteiger partial charge in [-0.3, -0.25) is 0 Å². The summed E-state index contributed by atoms with van der Waals surface area (Å²) in [5, 5.41) is 5.80. The summed E-state index contributed by atoms with van der Waals surface area (Å²) in [5.41, 5.74) is 2.48. The van der Waals surface area contributed by atoms with Gasteiger partial charge in [-0.1, -0.05) is 36.2 Å². The van der Waals surface area contributed by atoms with Gasteiger partial charge in [0, 0.05) is 23.8 Å². The molecule has 1 fully saturated rings. The van der Waals surface area contributed by atoms with E-state index in [9.17, 15) is 0 Å². The molecule has 1 aliphatic carbocycles. The molecule has 2 aromatic rings. The Morgan fingerprint density at radius 2 is 2.10 bits per heavy atom. The predicted octanol–water partition coefficient (Wildman–Crippen LogP) is 5.03. The first-order chi connectivity index (χ1) is 10.2. The number of nitrogens with one attached hydrogen (secondary N) is 1. The highest BCUT2D eigenvalue weighted by Gasteiger charge is 2.29. The van der Waals surface area contributed by atoms with Crippen molar-refractivity contribution in [3.8, 4) is 0 Å². The van der Waals surface area contributed by atoms with Gasteiger partial charge in [0.25, 0.3) is 0 Å². The Hall–Kier alpha value is -0.610. The van der Waals surface area contributed by atoms with E-state index in [1.807, 2.05) is 29.5 Å². The number of thiazole rings is 1. The molecule has 0 atom stereocenters. The van der Waals surface area contributed by atoms with Crippen molar-refractivity contribution in [2.45, 2.75) is 38.6 Å². The normalized spacial score (nSPS) is 14.6. The van der Waals surface area contributed by atoms with E-state index in [2.05, 4.69) is 12.2 Å². The maximum atomic E-state index is 6.09. The SMILES string of the molecule is CCNCc1sc(Cc2ccc(Cl)c(Cl)c2)nc1C1CC1. The molecule has 1 aromatic carbocycles. The number of benzene rings is 1. The molecule has 2 nitrogen and oxygen atoms in total. The van der Waals surface area contributed by atoms with E-state index < -0.39 is 0 Å². The molecule has 1 saturated carbocycles.